The van der Waals surface area contributed by atoms with Gasteiger partial charge in [0, 0.05) is 18.1 Å². The second-order valence-corrected chi connectivity index (χ2v) is 6.80. The van der Waals surface area contributed by atoms with E-state index in [1.54, 1.807) is 0 Å². The smallest absolute Gasteiger partial charge is 0.0661 e. The number of nitrogens with one attached hydrogen (secondary N) is 1. The minimum atomic E-state index is 0.493. The van der Waals surface area contributed by atoms with Crippen molar-refractivity contribution in [3.63, 3.8) is 0 Å². The minimum Gasteiger partial charge on any atom is -0.378 e. The predicted molar refractivity (Wildman–Crippen MR) is 76.7 cm³/mol. The van der Waals surface area contributed by atoms with Gasteiger partial charge in [-0.05, 0) is 44.6 Å². The van der Waals surface area contributed by atoms with E-state index in [-0.39, 0.29) is 0 Å². The average molecular weight is 253 g/mol. The zero-order valence-corrected chi connectivity index (χ0v) is 12.7. The molecule has 2 rings (SSSR count). The first-order valence-corrected chi connectivity index (χ1v) is 7.95. The van der Waals surface area contributed by atoms with Crippen LogP contribution in [-0.2, 0) is 4.74 Å². The third kappa shape index (κ3) is 2.60. The molecule has 0 aromatic rings. The van der Waals surface area contributed by atoms with Crippen molar-refractivity contribution < 1.29 is 4.74 Å². The highest BCUT2D eigenvalue weighted by Crippen LogP contribution is 2.54. The van der Waals surface area contributed by atoms with Crippen LogP contribution in [0.4, 0.5) is 0 Å². The Labute approximate surface area is 113 Å². The van der Waals surface area contributed by atoms with Gasteiger partial charge in [0.2, 0.25) is 0 Å². The maximum atomic E-state index is 5.96. The Balaban J connectivity index is 1.86. The lowest BCUT2D eigenvalue weighted by Gasteiger charge is -2.54. The summed E-state index contributed by atoms with van der Waals surface area (Å²) >= 11 is 0. The van der Waals surface area contributed by atoms with E-state index in [2.05, 4.69) is 33.0 Å². The van der Waals surface area contributed by atoms with Crippen molar-refractivity contribution in [2.45, 2.75) is 71.9 Å². The van der Waals surface area contributed by atoms with E-state index in [0.29, 0.717) is 11.5 Å². The van der Waals surface area contributed by atoms with Crippen LogP contribution in [0.15, 0.2) is 0 Å². The fourth-order valence-electron chi connectivity index (χ4n) is 3.74. The van der Waals surface area contributed by atoms with Crippen LogP contribution in [0.3, 0.4) is 0 Å². The molecule has 0 bridgehead atoms. The Morgan fingerprint density at radius 2 is 1.89 bits per heavy atom. The number of ether oxygens (including phenoxy) is 1. The molecule has 0 amide bonds. The second kappa shape index (κ2) is 5.92. The summed E-state index contributed by atoms with van der Waals surface area (Å²) in [5.41, 5.74) is 0.493. The SMILES string of the molecule is CCOC1CC(NCC(C)C(C)C)C12CCCC2. The van der Waals surface area contributed by atoms with E-state index in [0.717, 1.165) is 24.5 Å². The zero-order valence-electron chi connectivity index (χ0n) is 12.7. The van der Waals surface area contributed by atoms with Gasteiger partial charge in [-0.1, -0.05) is 33.6 Å². The van der Waals surface area contributed by atoms with Crippen molar-refractivity contribution in [1.82, 2.24) is 5.32 Å². The van der Waals surface area contributed by atoms with Crippen molar-refractivity contribution in [3.8, 4) is 0 Å². The Bertz CT molecular complexity index is 258. The molecular weight excluding hydrogens is 222 g/mol. The molecule has 1 N–H and O–H groups in total. The van der Waals surface area contributed by atoms with Crippen LogP contribution in [0, 0.1) is 17.3 Å². The Hall–Kier alpha value is -0.0800. The van der Waals surface area contributed by atoms with Crippen LogP contribution in [0.1, 0.15) is 59.8 Å². The van der Waals surface area contributed by atoms with Gasteiger partial charge in [0.15, 0.2) is 0 Å². The third-order valence-electron chi connectivity index (χ3n) is 5.51. The molecule has 2 fully saturated rings. The number of hydrogen-bond donors (Lipinski definition) is 1. The van der Waals surface area contributed by atoms with Gasteiger partial charge in [0.25, 0.3) is 0 Å². The molecule has 2 saturated carbocycles. The van der Waals surface area contributed by atoms with E-state index in [1.165, 1.54) is 38.6 Å². The minimum absolute atomic E-state index is 0.493. The highest BCUT2D eigenvalue weighted by atomic mass is 16.5. The van der Waals surface area contributed by atoms with Crippen molar-refractivity contribution in [2.75, 3.05) is 13.2 Å². The molecule has 0 aromatic heterocycles. The van der Waals surface area contributed by atoms with E-state index >= 15 is 0 Å². The molecule has 0 radical (unpaired) electrons. The molecule has 1 spiro atoms. The van der Waals surface area contributed by atoms with E-state index in [1.807, 2.05) is 0 Å². The quantitative estimate of drug-likeness (QED) is 0.781. The first-order chi connectivity index (χ1) is 8.60. The van der Waals surface area contributed by atoms with E-state index in [9.17, 15) is 0 Å². The van der Waals surface area contributed by atoms with Crippen LogP contribution in [0.5, 0.6) is 0 Å². The first kappa shape index (κ1) is 14.3. The Morgan fingerprint density at radius 1 is 1.22 bits per heavy atom. The van der Waals surface area contributed by atoms with Crippen molar-refractivity contribution in [2.24, 2.45) is 17.3 Å². The standard InChI is InChI=1S/C16H31NO/c1-5-18-15-10-14(16(15)8-6-7-9-16)17-11-13(4)12(2)3/h12-15,17H,5-11H2,1-4H3. The molecule has 2 aliphatic carbocycles. The van der Waals surface area contributed by atoms with Gasteiger partial charge in [-0.3, -0.25) is 0 Å². The summed E-state index contributed by atoms with van der Waals surface area (Å²) in [7, 11) is 0. The number of rotatable bonds is 6. The van der Waals surface area contributed by atoms with Gasteiger partial charge in [-0.2, -0.15) is 0 Å². The van der Waals surface area contributed by atoms with Crippen LogP contribution >= 0.6 is 0 Å². The van der Waals surface area contributed by atoms with E-state index in [4.69, 9.17) is 4.74 Å². The lowest BCUT2D eigenvalue weighted by molar-refractivity contribution is -0.130. The summed E-state index contributed by atoms with van der Waals surface area (Å²) < 4.78 is 5.96. The lowest BCUT2D eigenvalue weighted by Crippen LogP contribution is -2.63. The Kier molecular flexibility index (Phi) is 4.71. The molecule has 0 saturated heterocycles. The fraction of sp³-hybridized carbons (Fsp3) is 1.00. The van der Waals surface area contributed by atoms with Crippen molar-refractivity contribution >= 4 is 0 Å². The molecule has 2 nitrogen and oxygen atoms in total. The van der Waals surface area contributed by atoms with Crippen molar-refractivity contribution in [3.05, 3.63) is 0 Å². The normalized spacial score (nSPS) is 31.8. The Morgan fingerprint density at radius 3 is 2.44 bits per heavy atom. The molecule has 0 heterocycles. The molecular formula is C16H31NO. The summed E-state index contributed by atoms with van der Waals surface area (Å²) in [5.74, 6) is 1.55. The first-order valence-electron chi connectivity index (χ1n) is 7.95. The lowest BCUT2D eigenvalue weighted by atomic mass is 9.60. The summed E-state index contributed by atoms with van der Waals surface area (Å²) in [6.07, 6.45) is 7.34. The van der Waals surface area contributed by atoms with Gasteiger partial charge >= 0.3 is 0 Å². The highest BCUT2D eigenvalue weighted by molar-refractivity contribution is 5.10. The fourth-order valence-corrected chi connectivity index (χ4v) is 3.74. The molecule has 3 unspecified atom stereocenters. The van der Waals surface area contributed by atoms with Crippen molar-refractivity contribution in [1.29, 1.82) is 0 Å². The van der Waals surface area contributed by atoms with Gasteiger partial charge in [0.1, 0.15) is 0 Å². The monoisotopic (exact) mass is 253 g/mol. The molecule has 3 atom stereocenters. The summed E-state index contributed by atoms with van der Waals surface area (Å²) in [5, 5.41) is 3.84. The molecule has 2 aliphatic rings. The summed E-state index contributed by atoms with van der Waals surface area (Å²) in [4.78, 5) is 0. The summed E-state index contributed by atoms with van der Waals surface area (Å²) in [6.45, 7) is 11.2. The maximum Gasteiger partial charge on any atom is 0.0661 e. The van der Waals surface area contributed by atoms with Gasteiger partial charge in [-0.25, -0.2) is 0 Å². The third-order valence-corrected chi connectivity index (χ3v) is 5.51. The van der Waals surface area contributed by atoms with E-state index < -0.39 is 0 Å². The number of hydrogen-bond acceptors (Lipinski definition) is 2. The molecule has 106 valence electrons. The molecule has 18 heavy (non-hydrogen) atoms. The van der Waals surface area contributed by atoms with Gasteiger partial charge in [0.05, 0.1) is 6.10 Å². The zero-order chi connectivity index (χ0) is 13.2. The van der Waals surface area contributed by atoms with Gasteiger partial charge in [-0.15, -0.1) is 0 Å². The molecule has 0 aliphatic heterocycles. The van der Waals surface area contributed by atoms with Crippen LogP contribution in [0.25, 0.3) is 0 Å². The maximum absolute atomic E-state index is 5.96. The largest absolute Gasteiger partial charge is 0.378 e. The van der Waals surface area contributed by atoms with Crippen LogP contribution in [-0.4, -0.2) is 25.3 Å². The summed E-state index contributed by atoms with van der Waals surface area (Å²) in [6, 6.07) is 0.720. The van der Waals surface area contributed by atoms with Crippen LogP contribution < -0.4 is 5.32 Å². The van der Waals surface area contributed by atoms with Crippen LogP contribution in [0.2, 0.25) is 0 Å². The topological polar surface area (TPSA) is 21.3 Å². The predicted octanol–water partition coefficient (Wildman–Crippen LogP) is 3.61. The second-order valence-electron chi connectivity index (χ2n) is 6.80. The average Bonchev–Trinajstić information content (AvgIpc) is 2.84. The highest BCUT2D eigenvalue weighted by Gasteiger charge is 2.56. The van der Waals surface area contributed by atoms with Gasteiger partial charge < -0.3 is 10.1 Å². The molecule has 0 aromatic carbocycles. The molecule has 2 heteroatoms.